The van der Waals surface area contributed by atoms with Crippen LogP contribution in [0.5, 0.6) is 11.5 Å². The molecule has 2 aromatic rings. The summed E-state index contributed by atoms with van der Waals surface area (Å²) in [7, 11) is -0.669. The number of fused-ring (bicyclic) bond motifs is 2. The maximum Gasteiger partial charge on any atom is 0.256 e. The third-order valence-corrected chi connectivity index (χ3v) is 7.77. The maximum absolute atomic E-state index is 13.6. The summed E-state index contributed by atoms with van der Waals surface area (Å²) in [4.78, 5) is 16.0. The Morgan fingerprint density at radius 2 is 1.88 bits per heavy atom. The Balaban J connectivity index is 1.69. The normalized spacial score (nSPS) is 23.0. The van der Waals surface area contributed by atoms with E-state index >= 15 is 0 Å². The van der Waals surface area contributed by atoms with Gasteiger partial charge in [-0.3, -0.25) is 9.69 Å². The highest BCUT2D eigenvalue weighted by molar-refractivity contribution is 7.90. The molecular formula is C24H30N2O5S. The van der Waals surface area contributed by atoms with Crippen molar-refractivity contribution in [1.82, 2.24) is 10.2 Å². The van der Waals surface area contributed by atoms with Crippen molar-refractivity contribution in [2.45, 2.75) is 55.2 Å². The van der Waals surface area contributed by atoms with Crippen LogP contribution in [0.15, 0.2) is 47.4 Å². The molecule has 2 aliphatic rings. The number of piperidine rings is 1. The SMILES string of the molecule is COc1cc(S(C)(=O)=O)cc(C(=O)NC23CCCC(CC2)N3Cc2ccccc2)c1OC. The molecule has 0 saturated carbocycles. The van der Waals surface area contributed by atoms with Crippen LogP contribution < -0.4 is 14.8 Å². The third-order valence-electron chi connectivity index (χ3n) is 6.68. The van der Waals surface area contributed by atoms with Crippen LogP contribution in [0.2, 0.25) is 0 Å². The summed E-state index contributed by atoms with van der Waals surface area (Å²) in [6, 6.07) is 13.4. The first kappa shape index (κ1) is 22.6. The maximum atomic E-state index is 13.6. The number of nitrogens with zero attached hydrogens (tertiary/aromatic N) is 1. The van der Waals surface area contributed by atoms with Gasteiger partial charge in [-0.2, -0.15) is 0 Å². The molecule has 7 nitrogen and oxygen atoms in total. The zero-order valence-electron chi connectivity index (χ0n) is 18.8. The third kappa shape index (κ3) is 4.21. The minimum absolute atomic E-state index is 0.0203. The summed E-state index contributed by atoms with van der Waals surface area (Å²) >= 11 is 0. The van der Waals surface area contributed by atoms with E-state index in [-0.39, 0.29) is 27.9 Å². The smallest absolute Gasteiger partial charge is 0.256 e. The van der Waals surface area contributed by atoms with Crippen LogP contribution in [-0.4, -0.2) is 51.4 Å². The van der Waals surface area contributed by atoms with Gasteiger partial charge in [0.05, 0.1) is 30.3 Å². The molecule has 2 fully saturated rings. The van der Waals surface area contributed by atoms with Gasteiger partial charge in [-0.25, -0.2) is 8.42 Å². The lowest BCUT2D eigenvalue weighted by atomic mass is 9.95. The Labute approximate surface area is 189 Å². The van der Waals surface area contributed by atoms with Crippen molar-refractivity contribution in [2.24, 2.45) is 0 Å². The van der Waals surface area contributed by atoms with E-state index in [4.69, 9.17) is 9.47 Å². The number of hydrogen-bond donors (Lipinski definition) is 1. The summed E-state index contributed by atoms with van der Waals surface area (Å²) in [5.41, 5.74) is 0.906. The number of ether oxygens (including phenoxy) is 2. The predicted octanol–water partition coefficient (Wildman–Crippen LogP) is 3.38. The molecule has 2 heterocycles. The van der Waals surface area contributed by atoms with Gasteiger partial charge in [-0.15, -0.1) is 0 Å². The van der Waals surface area contributed by atoms with E-state index in [0.717, 1.165) is 44.9 Å². The van der Waals surface area contributed by atoms with E-state index < -0.39 is 15.5 Å². The zero-order chi connectivity index (χ0) is 22.9. The van der Waals surface area contributed by atoms with E-state index in [9.17, 15) is 13.2 Å². The van der Waals surface area contributed by atoms with Crippen LogP contribution in [0.25, 0.3) is 0 Å². The number of sulfone groups is 1. The van der Waals surface area contributed by atoms with E-state index in [1.165, 1.54) is 31.9 Å². The molecule has 2 unspecified atom stereocenters. The van der Waals surface area contributed by atoms with Gasteiger partial charge < -0.3 is 14.8 Å². The zero-order valence-corrected chi connectivity index (χ0v) is 19.6. The Bertz CT molecular complexity index is 1100. The van der Waals surface area contributed by atoms with Gasteiger partial charge in [0.25, 0.3) is 5.91 Å². The first-order valence-corrected chi connectivity index (χ1v) is 12.8. The minimum atomic E-state index is -3.54. The largest absolute Gasteiger partial charge is 0.493 e. The fraction of sp³-hybridized carbons (Fsp3) is 0.458. The topological polar surface area (TPSA) is 84.9 Å². The van der Waals surface area contributed by atoms with Crippen molar-refractivity contribution in [3.63, 3.8) is 0 Å². The predicted molar refractivity (Wildman–Crippen MR) is 122 cm³/mol. The number of amides is 1. The number of rotatable bonds is 7. The quantitative estimate of drug-likeness (QED) is 0.685. The fourth-order valence-electron chi connectivity index (χ4n) is 5.11. The summed E-state index contributed by atoms with van der Waals surface area (Å²) in [5, 5.41) is 3.27. The number of benzene rings is 2. The van der Waals surface area contributed by atoms with Crippen molar-refractivity contribution in [3.8, 4) is 11.5 Å². The van der Waals surface area contributed by atoms with E-state index in [1.807, 2.05) is 18.2 Å². The number of methoxy groups -OCH3 is 2. The first-order valence-electron chi connectivity index (χ1n) is 10.9. The highest BCUT2D eigenvalue weighted by Crippen LogP contribution is 2.44. The average Bonchev–Trinajstić information content (AvgIpc) is 2.95. The molecule has 8 heteroatoms. The second kappa shape index (κ2) is 8.75. The molecule has 172 valence electrons. The van der Waals surface area contributed by atoms with Gasteiger partial charge in [0.2, 0.25) is 0 Å². The van der Waals surface area contributed by atoms with Crippen molar-refractivity contribution < 1.29 is 22.7 Å². The van der Waals surface area contributed by atoms with Crippen LogP contribution in [0.4, 0.5) is 0 Å². The van der Waals surface area contributed by atoms with Crippen molar-refractivity contribution in [3.05, 3.63) is 53.6 Å². The Morgan fingerprint density at radius 1 is 1.12 bits per heavy atom. The molecule has 0 spiro atoms. The summed E-state index contributed by atoms with van der Waals surface area (Å²) in [6.45, 7) is 0.760. The van der Waals surface area contributed by atoms with Crippen LogP contribution in [0.3, 0.4) is 0 Å². The number of hydrogen-bond acceptors (Lipinski definition) is 6. The van der Waals surface area contributed by atoms with E-state index in [1.54, 1.807) is 0 Å². The number of carbonyl (C=O) groups is 1. The molecular weight excluding hydrogens is 428 g/mol. The van der Waals surface area contributed by atoms with Gasteiger partial charge in [0.1, 0.15) is 0 Å². The molecule has 2 aliphatic heterocycles. The lowest BCUT2D eigenvalue weighted by Gasteiger charge is -2.45. The lowest BCUT2D eigenvalue weighted by Crippen LogP contribution is -2.60. The minimum Gasteiger partial charge on any atom is -0.493 e. The van der Waals surface area contributed by atoms with Crippen LogP contribution in [0.1, 0.15) is 48.0 Å². The molecule has 2 saturated heterocycles. The average molecular weight is 459 g/mol. The summed E-state index contributed by atoms with van der Waals surface area (Å²) in [6.07, 6.45) is 6.01. The monoisotopic (exact) mass is 458 g/mol. The standard InChI is InChI=1S/C24H30N2O5S/c1-30-21-15-19(32(3,28)29)14-20(22(21)31-2)23(27)25-24-12-7-10-18(11-13-24)26(24)16-17-8-5-4-6-9-17/h4-6,8-9,14-15,18H,7,10-13,16H2,1-3H3,(H,25,27). The molecule has 0 radical (unpaired) electrons. The number of carbonyl (C=O) groups excluding carboxylic acids is 1. The molecule has 0 aliphatic carbocycles. The molecule has 2 atom stereocenters. The van der Waals surface area contributed by atoms with Crippen LogP contribution >= 0.6 is 0 Å². The molecule has 2 bridgehead atoms. The van der Waals surface area contributed by atoms with Crippen LogP contribution in [0, 0.1) is 0 Å². The van der Waals surface area contributed by atoms with Gasteiger partial charge in [0.15, 0.2) is 21.3 Å². The van der Waals surface area contributed by atoms with Crippen LogP contribution in [-0.2, 0) is 16.4 Å². The van der Waals surface area contributed by atoms with Crippen molar-refractivity contribution >= 4 is 15.7 Å². The molecule has 1 N–H and O–H groups in total. The van der Waals surface area contributed by atoms with Crippen molar-refractivity contribution in [2.75, 3.05) is 20.5 Å². The van der Waals surface area contributed by atoms with Crippen molar-refractivity contribution in [1.29, 1.82) is 0 Å². The van der Waals surface area contributed by atoms with E-state index in [2.05, 4.69) is 22.3 Å². The molecule has 32 heavy (non-hydrogen) atoms. The Kier molecular flexibility index (Phi) is 6.18. The van der Waals surface area contributed by atoms with Gasteiger partial charge >= 0.3 is 0 Å². The molecule has 4 rings (SSSR count). The fourth-order valence-corrected chi connectivity index (χ4v) is 5.76. The molecule has 2 aromatic carbocycles. The highest BCUT2D eigenvalue weighted by Gasteiger charge is 2.49. The lowest BCUT2D eigenvalue weighted by molar-refractivity contribution is 0.0183. The van der Waals surface area contributed by atoms with E-state index in [0.29, 0.717) is 6.04 Å². The highest BCUT2D eigenvalue weighted by atomic mass is 32.2. The van der Waals surface area contributed by atoms with Gasteiger partial charge in [-0.1, -0.05) is 30.3 Å². The molecule has 0 aromatic heterocycles. The second-order valence-electron chi connectivity index (χ2n) is 8.66. The second-order valence-corrected chi connectivity index (χ2v) is 10.7. The van der Waals surface area contributed by atoms with Gasteiger partial charge in [0, 0.05) is 24.9 Å². The first-order chi connectivity index (χ1) is 15.3. The Hall–Kier alpha value is -2.58. The molecule has 1 amide bonds. The summed E-state index contributed by atoms with van der Waals surface area (Å²) < 4.78 is 35.2. The summed E-state index contributed by atoms with van der Waals surface area (Å²) in [5.74, 6) is 0.0900. The van der Waals surface area contributed by atoms with Gasteiger partial charge in [-0.05, 0) is 43.7 Å². The number of nitrogens with one attached hydrogen (secondary N) is 1. The Morgan fingerprint density at radius 3 is 2.53 bits per heavy atom.